The molecule has 0 saturated carbocycles. The Kier molecular flexibility index (Phi) is 3.42. The fourth-order valence-corrected chi connectivity index (χ4v) is 2.18. The van der Waals surface area contributed by atoms with Gasteiger partial charge in [-0.25, -0.2) is 4.79 Å². The molecule has 0 fully saturated rings. The number of aryl methyl sites for hydroxylation is 1. The molecule has 0 aliphatic carbocycles. The molecule has 0 amide bonds. The lowest BCUT2D eigenvalue weighted by molar-refractivity contribution is 0.0695. The van der Waals surface area contributed by atoms with Gasteiger partial charge in [-0.3, -0.25) is 4.79 Å². The molecular weight excluding hydrogens is 242 g/mol. The lowest BCUT2D eigenvalue weighted by Crippen LogP contribution is -2.18. The molecule has 0 unspecified atom stereocenters. The van der Waals surface area contributed by atoms with Crippen LogP contribution in [-0.2, 0) is 6.54 Å². The van der Waals surface area contributed by atoms with Crippen molar-refractivity contribution in [2.75, 3.05) is 0 Å². The molecule has 0 bridgehead atoms. The van der Waals surface area contributed by atoms with E-state index in [1.165, 1.54) is 6.20 Å². The molecule has 4 heteroatoms. The molecule has 2 aromatic rings. The summed E-state index contributed by atoms with van der Waals surface area (Å²) in [5.41, 5.74) is 1.34. The van der Waals surface area contributed by atoms with Crippen LogP contribution >= 0.6 is 0 Å². The van der Waals surface area contributed by atoms with Gasteiger partial charge in [0.05, 0.1) is 5.52 Å². The molecule has 1 aromatic carbocycles. The summed E-state index contributed by atoms with van der Waals surface area (Å²) in [6.07, 6.45) is 1.43. The van der Waals surface area contributed by atoms with E-state index in [9.17, 15) is 9.59 Å². The third-order valence-electron chi connectivity index (χ3n) is 3.34. The van der Waals surface area contributed by atoms with Crippen LogP contribution in [0.1, 0.15) is 42.6 Å². The van der Waals surface area contributed by atoms with Crippen LogP contribution in [0.2, 0.25) is 0 Å². The van der Waals surface area contributed by atoms with Crippen molar-refractivity contribution < 1.29 is 9.90 Å². The van der Waals surface area contributed by atoms with Crippen molar-refractivity contribution in [2.24, 2.45) is 0 Å². The number of hydrogen-bond acceptors (Lipinski definition) is 2. The number of nitrogens with zero attached hydrogens (tertiary/aromatic N) is 1. The van der Waals surface area contributed by atoms with E-state index in [0.717, 1.165) is 11.1 Å². The number of hydrogen-bond donors (Lipinski definition) is 1. The Morgan fingerprint density at radius 1 is 1.37 bits per heavy atom. The zero-order chi connectivity index (χ0) is 14.2. The molecule has 0 aliphatic rings. The van der Waals surface area contributed by atoms with E-state index in [1.54, 1.807) is 6.07 Å². The first kappa shape index (κ1) is 13.3. The summed E-state index contributed by atoms with van der Waals surface area (Å²) in [5.74, 6) is -0.814. The second-order valence-corrected chi connectivity index (χ2v) is 4.89. The number of benzene rings is 1. The Bertz CT molecular complexity index is 698. The number of aromatic carboxylic acids is 1. The van der Waals surface area contributed by atoms with E-state index in [0.29, 0.717) is 17.8 Å². The second-order valence-electron chi connectivity index (χ2n) is 4.89. The normalized spacial score (nSPS) is 11.2. The van der Waals surface area contributed by atoms with Gasteiger partial charge < -0.3 is 9.67 Å². The van der Waals surface area contributed by atoms with E-state index in [1.807, 2.05) is 23.6 Å². The highest BCUT2D eigenvalue weighted by Gasteiger charge is 2.14. The van der Waals surface area contributed by atoms with Crippen molar-refractivity contribution in [3.63, 3.8) is 0 Å². The standard InChI is InChI=1S/C15H17NO3/c1-4-16-8-12(15(18)19)14(17)11-6-5-10(9(2)3)7-13(11)16/h5-9H,4H2,1-3H3,(H,18,19). The van der Waals surface area contributed by atoms with Crippen LogP contribution in [0.25, 0.3) is 10.9 Å². The number of rotatable bonds is 3. The van der Waals surface area contributed by atoms with E-state index in [-0.39, 0.29) is 5.56 Å². The van der Waals surface area contributed by atoms with Crippen LogP contribution < -0.4 is 5.43 Å². The first-order valence-electron chi connectivity index (χ1n) is 6.36. The van der Waals surface area contributed by atoms with Crippen LogP contribution in [0.3, 0.4) is 0 Å². The lowest BCUT2D eigenvalue weighted by Gasteiger charge is -2.13. The Morgan fingerprint density at radius 3 is 2.58 bits per heavy atom. The van der Waals surface area contributed by atoms with Gasteiger partial charge >= 0.3 is 5.97 Å². The summed E-state index contributed by atoms with van der Waals surface area (Å²) < 4.78 is 1.81. The largest absolute Gasteiger partial charge is 0.477 e. The summed E-state index contributed by atoms with van der Waals surface area (Å²) in [6.45, 7) is 6.72. The fourth-order valence-electron chi connectivity index (χ4n) is 2.18. The highest BCUT2D eigenvalue weighted by Crippen LogP contribution is 2.20. The van der Waals surface area contributed by atoms with Crippen molar-refractivity contribution in [3.05, 3.63) is 45.7 Å². The minimum atomic E-state index is -1.18. The summed E-state index contributed by atoms with van der Waals surface area (Å²) >= 11 is 0. The van der Waals surface area contributed by atoms with Crippen molar-refractivity contribution in [1.29, 1.82) is 0 Å². The van der Waals surface area contributed by atoms with E-state index in [2.05, 4.69) is 13.8 Å². The summed E-state index contributed by atoms with van der Waals surface area (Å²) in [4.78, 5) is 23.2. The average molecular weight is 259 g/mol. The van der Waals surface area contributed by atoms with Crippen LogP contribution in [0, 0.1) is 0 Å². The van der Waals surface area contributed by atoms with Gasteiger partial charge in [-0.1, -0.05) is 19.9 Å². The van der Waals surface area contributed by atoms with Crippen molar-refractivity contribution in [3.8, 4) is 0 Å². The maximum absolute atomic E-state index is 12.1. The third kappa shape index (κ3) is 2.26. The molecule has 2 rings (SSSR count). The molecule has 0 saturated heterocycles. The topological polar surface area (TPSA) is 59.3 Å². The van der Waals surface area contributed by atoms with Gasteiger partial charge in [0.25, 0.3) is 0 Å². The van der Waals surface area contributed by atoms with Gasteiger partial charge in [0.15, 0.2) is 0 Å². The molecular formula is C15H17NO3. The molecule has 1 heterocycles. The van der Waals surface area contributed by atoms with Crippen LogP contribution in [-0.4, -0.2) is 15.6 Å². The Balaban J connectivity index is 2.86. The average Bonchev–Trinajstić information content (AvgIpc) is 2.38. The summed E-state index contributed by atoms with van der Waals surface area (Å²) in [5, 5.41) is 9.54. The predicted octanol–water partition coefficient (Wildman–Crippen LogP) is 2.84. The van der Waals surface area contributed by atoms with Crippen LogP contribution in [0.4, 0.5) is 0 Å². The molecule has 1 aromatic heterocycles. The minimum absolute atomic E-state index is 0.174. The Labute approximate surface area is 111 Å². The predicted molar refractivity (Wildman–Crippen MR) is 74.9 cm³/mol. The number of fused-ring (bicyclic) bond motifs is 1. The maximum atomic E-state index is 12.1. The van der Waals surface area contributed by atoms with E-state index in [4.69, 9.17) is 5.11 Å². The number of carbonyl (C=O) groups is 1. The monoisotopic (exact) mass is 259 g/mol. The van der Waals surface area contributed by atoms with Crippen LogP contribution in [0.15, 0.2) is 29.2 Å². The number of carboxylic acids is 1. The highest BCUT2D eigenvalue weighted by atomic mass is 16.4. The molecule has 1 N–H and O–H groups in total. The van der Waals surface area contributed by atoms with Crippen LogP contribution in [0.5, 0.6) is 0 Å². The van der Waals surface area contributed by atoms with Gasteiger partial charge in [-0.15, -0.1) is 0 Å². The maximum Gasteiger partial charge on any atom is 0.341 e. The van der Waals surface area contributed by atoms with Crippen molar-refractivity contribution >= 4 is 16.9 Å². The SMILES string of the molecule is CCn1cc(C(=O)O)c(=O)c2ccc(C(C)C)cc21. The fraction of sp³-hybridized carbons (Fsp3) is 0.333. The molecule has 100 valence electrons. The second kappa shape index (κ2) is 4.88. The van der Waals surface area contributed by atoms with Gasteiger partial charge in [-0.2, -0.15) is 0 Å². The quantitative estimate of drug-likeness (QED) is 0.922. The first-order chi connectivity index (χ1) is 8.95. The minimum Gasteiger partial charge on any atom is -0.477 e. The van der Waals surface area contributed by atoms with Gasteiger partial charge in [-0.05, 0) is 30.5 Å². The third-order valence-corrected chi connectivity index (χ3v) is 3.34. The number of pyridine rings is 1. The van der Waals surface area contributed by atoms with Crippen molar-refractivity contribution in [2.45, 2.75) is 33.2 Å². The van der Waals surface area contributed by atoms with Gasteiger partial charge in [0.2, 0.25) is 5.43 Å². The molecule has 0 aliphatic heterocycles. The molecule has 4 nitrogen and oxygen atoms in total. The lowest BCUT2D eigenvalue weighted by atomic mass is 10.0. The van der Waals surface area contributed by atoms with Crippen molar-refractivity contribution in [1.82, 2.24) is 4.57 Å². The Hall–Kier alpha value is -2.10. The summed E-state index contributed by atoms with van der Waals surface area (Å²) in [7, 11) is 0. The highest BCUT2D eigenvalue weighted by molar-refractivity contribution is 5.92. The molecule has 0 radical (unpaired) electrons. The number of carboxylic acid groups (broad SMARTS) is 1. The Morgan fingerprint density at radius 2 is 2.05 bits per heavy atom. The smallest absolute Gasteiger partial charge is 0.341 e. The molecule has 19 heavy (non-hydrogen) atoms. The van der Waals surface area contributed by atoms with E-state index >= 15 is 0 Å². The zero-order valence-corrected chi connectivity index (χ0v) is 11.3. The first-order valence-corrected chi connectivity index (χ1v) is 6.36. The van der Waals surface area contributed by atoms with Gasteiger partial charge in [0.1, 0.15) is 5.56 Å². The molecule has 0 atom stereocenters. The van der Waals surface area contributed by atoms with Gasteiger partial charge in [0, 0.05) is 18.1 Å². The zero-order valence-electron chi connectivity index (χ0n) is 11.3. The molecule has 0 spiro atoms. The number of aromatic nitrogens is 1. The summed E-state index contributed by atoms with van der Waals surface area (Å²) in [6, 6.07) is 5.59. The van der Waals surface area contributed by atoms with E-state index < -0.39 is 11.4 Å².